The summed E-state index contributed by atoms with van der Waals surface area (Å²) in [4.78, 5) is 24.9. The second-order valence-corrected chi connectivity index (χ2v) is 6.34. The van der Waals surface area contributed by atoms with Crippen molar-refractivity contribution in [3.8, 4) is 0 Å². The number of quaternary nitrogens is 1. The van der Waals surface area contributed by atoms with E-state index in [1.165, 1.54) is 5.56 Å². The van der Waals surface area contributed by atoms with E-state index in [2.05, 4.69) is 17.6 Å². The zero-order chi connectivity index (χ0) is 18.2. The predicted molar refractivity (Wildman–Crippen MR) is 101 cm³/mol. The van der Waals surface area contributed by atoms with Crippen LogP contribution in [0.25, 0.3) is 0 Å². The molecule has 2 amide bonds. The molecule has 0 saturated heterocycles. The Morgan fingerprint density at radius 3 is 2.16 bits per heavy atom. The van der Waals surface area contributed by atoms with E-state index in [0.29, 0.717) is 10.7 Å². The van der Waals surface area contributed by atoms with Gasteiger partial charge >= 0.3 is 0 Å². The van der Waals surface area contributed by atoms with E-state index in [4.69, 9.17) is 11.6 Å². The molecular formula is C19H23ClN3O2+. The molecule has 25 heavy (non-hydrogen) atoms. The lowest BCUT2D eigenvalue weighted by Crippen LogP contribution is -3.11. The Hall–Kier alpha value is -2.37. The fourth-order valence-corrected chi connectivity index (χ4v) is 2.58. The third-order valence-corrected chi connectivity index (χ3v) is 4.05. The Bertz CT molecular complexity index is 732. The summed E-state index contributed by atoms with van der Waals surface area (Å²) in [5.74, 6) is -0.321. The number of rotatable bonds is 7. The lowest BCUT2D eigenvalue weighted by atomic mass is 10.1. The summed E-state index contributed by atoms with van der Waals surface area (Å²) >= 11 is 6.02. The van der Waals surface area contributed by atoms with Gasteiger partial charge in [0, 0.05) is 5.69 Å². The average Bonchev–Trinajstić information content (AvgIpc) is 2.57. The number of likely N-dealkylation sites (N-methyl/N-ethyl adjacent to an activating group) is 1. The molecular weight excluding hydrogens is 338 g/mol. The number of benzene rings is 2. The molecule has 2 rings (SSSR count). The third kappa shape index (κ3) is 6.21. The van der Waals surface area contributed by atoms with E-state index < -0.39 is 0 Å². The topological polar surface area (TPSA) is 62.6 Å². The smallest absolute Gasteiger partial charge is 0.279 e. The van der Waals surface area contributed by atoms with Gasteiger partial charge in [0.2, 0.25) is 0 Å². The van der Waals surface area contributed by atoms with Crippen LogP contribution in [0.15, 0.2) is 48.5 Å². The van der Waals surface area contributed by atoms with Gasteiger partial charge in [0.15, 0.2) is 13.1 Å². The number of carbonyl (C=O) groups is 2. The molecule has 0 radical (unpaired) electrons. The van der Waals surface area contributed by atoms with Crippen LogP contribution in [0.3, 0.4) is 0 Å². The molecule has 1 atom stereocenters. The highest BCUT2D eigenvalue weighted by Crippen LogP contribution is 2.19. The number of hydrogen-bond donors (Lipinski definition) is 3. The third-order valence-electron chi connectivity index (χ3n) is 3.72. The number of hydrogen-bond acceptors (Lipinski definition) is 2. The quantitative estimate of drug-likeness (QED) is 0.707. The number of halogens is 1. The van der Waals surface area contributed by atoms with Crippen molar-refractivity contribution in [2.75, 3.05) is 30.8 Å². The van der Waals surface area contributed by atoms with E-state index in [1.54, 1.807) is 31.3 Å². The minimum absolute atomic E-state index is 0.132. The molecule has 0 aliphatic carbocycles. The molecule has 0 aliphatic heterocycles. The monoisotopic (exact) mass is 360 g/mol. The fraction of sp³-hybridized carbons (Fsp3) is 0.263. The molecule has 0 heterocycles. The first-order chi connectivity index (χ1) is 12.0. The Balaban J connectivity index is 1.80. The number of carbonyl (C=O) groups excluding carboxylic acids is 2. The Labute approximate surface area is 153 Å². The number of anilines is 2. The van der Waals surface area contributed by atoms with Crippen molar-refractivity contribution >= 4 is 34.8 Å². The minimum atomic E-state index is -0.189. The van der Waals surface area contributed by atoms with E-state index in [9.17, 15) is 9.59 Å². The maximum absolute atomic E-state index is 12.1. The zero-order valence-electron chi connectivity index (χ0n) is 14.4. The summed E-state index contributed by atoms with van der Waals surface area (Å²) < 4.78 is 0. The van der Waals surface area contributed by atoms with Crippen molar-refractivity contribution in [1.29, 1.82) is 0 Å². The summed E-state index contributed by atoms with van der Waals surface area (Å²) in [5, 5.41) is 6.08. The first-order valence-electron chi connectivity index (χ1n) is 8.22. The predicted octanol–water partition coefficient (Wildman–Crippen LogP) is 1.99. The minimum Gasteiger partial charge on any atom is -0.322 e. The van der Waals surface area contributed by atoms with E-state index >= 15 is 0 Å². The lowest BCUT2D eigenvalue weighted by Gasteiger charge is -2.14. The van der Waals surface area contributed by atoms with Gasteiger partial charge in [-0.15, -0.1) is 0 Å². The molecule has 132 valence electrons. The van der Waals surface area contributed by atoms with Crippen molar-refractivity contribution in [3.05, 3.63) is 59.1 Å². The SMILES string of the molecule is CCc1ccc(NC(=O)C[NH+](C)CC(=O)Nc2ccccc2Cl)cc1. The summed E-state index contributed by atoms with van der Waals surface area (Å²) in [6.07, 6.45) is 0.960. The molecule has 0 saturated carbocycles. The van der Waals surface area contributed by atoms with Crippen LogP contribution in [0.2, 0.25) is 5.02 Å². The number of para-hydroxylation sites is 1. The van der Waals surface area contributed by atoms with Crippen LogP contribution in [-0.2, 0) is 16.0 Å². The second-order valence-electron chi connectivity index (χ2n) is 5.94. The summed E-state index contributed by atoms with van der Waals surface area (Å²) in [5.41, 5.74) is 2.55. The van der Waals surface area contributed by atoms with Crippen LogP contribution in [-0.4, -0.2) is 32.0 Å². The molecule has 0 fully saturated rings. The van der Waals surface area contributed by atoms with Crippen LogP contribution in [0, 0.1) is 0 Å². The van der Waals surface area contributed by atoms with Crippen molar-refractivity contribution in [2.24, 2.45) is 0 Å². The first kappa shape index (κ1) is 19.0. The highest BCUT2D eigenvalue weighted by atomic mass is 35.5. The van der Waals surface area contributed by atoms with Gasteiger partial charge in [0.25, 0.3) is 11.8 Å². The van der Waals surface area contributed by atoms with Gasteiger partial charge in [-0.3, -0.25) is 9.59 Å². The number of amides is 2. The summed E-state index contributed by atoms with van der Waals surface area (Å²) in [6.45, 7) is 2.46. The van der Waals surface area contributed by atoms with Crippen molar-refractivity contribution in [2.45, 2.75) is 13.3 Å². The average molecular weight is 361 g/mol. The second kappa shape index (κ2) is 9.20. The first-order valence-corrected chi connectivity index (χ1v) is 8.60. The standard InChI is InChI=1S/C19H22ClN3O2/c1-3-14-8-10-15(11-9-14)21-18(24)12-23(2)13-19(25)22-17-7-5-4-6-16(17)20/h4-11H,3,12-13H2,1-2H3,(H,21,24)(H,22,25)/p+1. The normalized spacial score (nSPS) is 11.6. The molecule has 2 aromatic carbocycles. The van der Waals surface area contributed by atoms with Crippen LogP contribution in [0.1, 0.15) is 12.5 Å². The van der Waals surface area contributed by atoms with Gasteiger partial charge in [0.1, 0.15) is 0 Å². The van der Waals surface area contributed by atoms with Crippen molar-refractivity contribution < 1.29 is 14.5 Å². The molecule has 3 N–H and O–H groups in total. The Morgan fingerprint density at radius 2 is 1.56 bits per heavy atom. The molecule has 5 nitrogen and oxygen atoms in total. The van der Waals surface area contributed by atoms with Gasteiger partial charge in [-0.25, -0.2) is 0 Å². The Kier molecular flexibility index (Phi) is 6.98. The molecule has 1 unspecified atom stereocenters. The largest absolute Gasteiger partial charge is 0.322 e. The van der Waals surface area contributed by atoms with Crippen LogP contribution < -0.4 is 15.5 Å². The van der Waals surface area contributed by atoms with Crippen molar-refractivity contribution in [3.63, 3.8) is 0 Å². The van der Waals surface area contributed by atoms with Gasteiger partial charge < -0.3 is 15.5 Å². The lowest BCUT2D eigenvalue weighted by molar-refractivity contribution is -0.862. The molecule has 0 bridgehead atoms. The number of nitrogens with one attached hydrogen (secondary N) is 3. The zero-order valence-corrected chi connectivity index (χ0v) is 15.2. The molecule has 6 heteroatoms. The van der Waals surface area contributed by atoms with Gasteiger partial charge in [-0.2, -0.15) is 0 Å². The van der Waals surface area contributed by atoms with Crippen LogP contribution in [0.5, 0.6) is 0 Å². The fourth-order valence-electron chi connectivity index (χ4n) is 2.40. The molecule has 0 aromatic heterocycles. The molecule has 0 spiro atoms. The maximum atomic E-state index is 12.1. The summed E-state index contributed by atoms with van der Waals surface area (Å²) in [7, 11) is 1.80. The van der Waals surface area contributed by atoms with Gasteiger partial charge in [-0.1, -0.05) is 42.8 Å². The van der Waals surface area contributed by atoms with Gasteiger partial charge in [0.05, 0.1) is 17.8 Å². The highest BCUT2D eigenvalue weighted by Gasteiger charge is 2.15. The van der Waals surface area contributed by atoms with E-state index in [-0.39, 0.29) is 24.9 Å². The molecule has 0 aliphatic rings. The summed E-state index contributed by atoms with van der Waals surface area (Å²) in [6, 6.07) is 14.8. The number of aryl methyl sites for hydroxylation is 1. The van der Waals surface area contributed by atoms with Crippen LogP contribution in [0.4, 0.5) is 11.4 Å². The maximum Gasteiger partial charge on any atom is 0.279 e. The van der Waals surface area contributed by atoms with Crippen molar-refractivity contribution in [1.82, 2.24) is 0 Å². The molecule has 2 aromatic rings. The van der Waals surface area contributed by atoms with E-state index in [1.807, 2.05) is 24.3 Å². The highest BCUT2D eigenvalue weighted by molar-refractivity contribution is 6.33. The van der Waals surface area contributed by atoms with E-state index in [0.717, 1.165) is 17.0 Å². The van der Waals surface area contributed by atoms with Gasteiger partial charge in [-0.05, 0) is 36.2 Å². The Morgan fingerprint density at radius 1 is 0.960 bits per heavy atom. The van der Waals surface area contributed by atoms with Crippen LogP contribution >= 0.6 is 11.6 Å².